The van der Waals surface area contributed by atoms with Crippen molar-refractivity contribution in [3.63, 3.8) is 0 Å². The van der Waals surface area contributed by atoms with Crippen LogP contribution in [-0.2, 0) is 14.6 Å². The third kappa shape index (κ3) is 5.25. The number of carbonyl (C=O) groups excluding carboxylic acids is 1. The molecule has 3 aromatic rings. The standard InChI is InChI=1S/C24H26N6O6S/c1-37(32,33)11-4-26-18-12-19(29-23-20(18)15(13-25)14-27-23)28-17-3-2-16(21-22(17)36-10-9-35-21)24(31)30-5-7-34-8-6-30/h2-3,12,14H,4-11H2,1H3,(H3,26,27,28,29). The first-order chi connectivity index (χ1) is 17.8. The van der Waals surface area contributed by atoms with E-state index >= 15 is 0 Å². The lowest BCUT2D eigenvalue weighted by Crippen LogP contribution is -2.41. The molecule has 0 spiro atoms. The number of morpholine rings is 1. The van der Waals surface area contributed by atoms with Crippen LogP contribution in [0.1, 0.15) is 15.9 Å². The molecule has 2 aromatic heterocycles. The summed E-state index contributed by atoms with van der Waals surface area (Å²) in [5.74, 6) is 0.978. The van der Waals surface area contributed by atoms with Crippen LogP contribution in [-0.4, -0.2) is 87.3 Å². The van der Waals surface area contributed by atoms with E-state index in [2.05, 4.69) is 26.7 Å². The molecule has 0 saturated carbocycles. The molecular formula is C24H26N6O6S. The maximum Gasteiger partial charge on any atom is 0.257 e. The monoisotopic (exact) mass is 526 g/mol. The van der Waals surface area contributed by atoms with Crippen LogP contribution in [0.15, 0.2) is 24.4 Å². The summed E-state index contributed by atoms with van der Waals surface area (Å²) in [5, 5.41) is 16.4. The summed E-state index contributed by atoms with van der Waals surface area (Å²) < 4.78 is 40.3. The highest BCUT2D eigenvalue weighted by atomic mass is 32.2. The Labute approximate surface area is 213 Å². The Morgan fingerprint density at radius 1 is 1.16 bits per heavy atom. The fraction of sp³-hybridized carbons (Fsp3) is 0.375. The van der Waals surface area contributed by atoms with Gasteiger partial charge in [0.05, 0.1) is 46.9 Å². The van der Waals surface area contributed by atoms with Crippen LogP contribution < -0.4 is 20.1 Å². The second-order valence-corrected chi connectivity index (χ2v) is 11.0. The third-order valence-electron chi connectivity index (χ3n) is 6.03. The average molecular weight is 527 g/mol. The zero-order valence-corrected chi connectivity index (χ0v) is 21.0. The number of amides is 1. The van der Waals surface area contributed by atoms with Gasteiger partial charge in [-0.05, 0) is 12.1 Å². The van der Waals surface area contributed by atoms with Crippen LogP contribution in [0.25, 0.3) is 11.0 Å². The molecule has 12 nitrogen and oxygen atoms in total. The van der Waals surface area contributed by atoms with E-state index in [1.165, 1.54) is 6.26 Å². The fourth-order valence-electron chi connectivity index (χ4n) is 4.28. The van der Waals surface area contributed by atoms with Gasteiger partial charge in [-0.3, -0.25) is 4.79 Å². The third-order valence-corrected chi connectivity index (χ3v) is 6.98. The van der Waals surface area contributed by atoms with E-state index in [4.69, 9.17) is 14.2 Å². The minimum absolute atomic E-state index is 0.0663. The molecule has 1 fully saturated rings. The number of fused-ring (bicyclic) bond motifs is 2. The van der Waals surface area contributed by atoms with Gasteiger partial charge in [-0.25, -0.2) is 13.4 Å². The van der Waals surface area contributed by atoms with Crippen molar-refractivity contribution >= 4 is 44.0 Å². The van der Waals surface area contributed by atoms with Crippen molar-refractivity contribution in [3.8, 4) is 17.6 Å². The van der Waals surface area contributed by atoms with Crippen LogP contribution in [0.3, 0.4) is 0 Å². The van der Waals surface area contributed by atoms with Crippen LogP contribution in [0.4, 0.5) is 17.2 Å². The molecule has 37 heavy (non-hydrogen) atoms. The van der Waals surface area contributed by atoms with E-state index in [-0.39, 0.29) is 18.2 Å². The average Bonchev–Trinajstić information content (AvgIpc) is 3.31. The van der Waals surface area contributed by atoms with Crippen molar-refractivity contribution in [2.75, 3.05) is 68.7 Å². The van der Waals surface area contributed by atoms with Gasteiger partial charge >= 0.3 is 0 Å². The molecular weight excluding hydrogens is 500 g/mol. The van der Waals surface area contributed by atoms with Crippen molar-refractivity contribution in [2.45, 2.75) is 0 Å². The van der Waals surface area contributed by atoms with Crippen molar-refractivity contribution in [1.29, 1.82) is 5.26 Å². The molecule has 0 bridgehead atoms. The minimum Gasteiger partial charge on any atom is -0.485 e. The summed E-state index contributed by atoms with van der Waals surface area (Å²) in [6, 6.07) is 7.25. The Morgan fingerprint density at radius 2 is 1.92 bits per heavy atom. The molecule has 0 atom stereocenters. The lowest BCUT2D eigenvalue weighted by molar-refractivity contribution is 0.0298. The second-order valence-electron chi connectivity index (χ2n) is 8.69. The molecule has 13 heteroatoms. The predicted molar refractivity (Wildman–Crippen MR) is 136 cm³/mol. The van der Waals surface area contributed by atoms with E-state index in [1.54, 1.807) is 29.3 Å². The van der Waals surface area contributed by atoms with E-state index in [1.807, 2.05) is 0 Å². The summed E-state index contributed by atoms with van der Waals surface area (Å²) in [4.78, 5) is 22.4. The quantitative estimate of drug-likeness (QED) is 0.415. The number of H-pyrrole nitrogens is 1. The van der Waals surface area contributed by atoms with E-state index in [0.717, 1.165) is 0 Å². The number of hydrogen-bond donors (Lipinski definition) is 3. The van der Waals surface area contributed by atoms with Gasteiger partial charge in [-0.1, -0.05) is 0 Å². The summed E-state index contributed by atoms with van der Waals surface area (Å²) in [7, 11) is -3.17. The summed E-state index contributed by atoms with van der Waals surface area (Å²) in [5.41, 5.74) is 2.36. The fourth-order valence-corrected chi connectivity index (χ4v) is 4.75. The predicted octanol–water partition coefficient (Wildman–Crippen LogP) is 1.88. The number of nitrogens with one attached hydrogen (secondary N) is 3. The van der Waals surface area contributed by atoms with Gasteiger partial charge in [0.2, 0.25) is 0 Å². The largest absolute Gasteiger partial charge is 0.485 e. The Hall–Kier alpha value is -4.02. The highest BCUT2D eigenvalue weighted by Crippen LogP contribution is 2.42. The molecule has 4 heterocycles. The highest BCUT2D eigenvalue weighted by molar-refractivity contribution is 7.90. The first-order valence-electron chi connectivity index (χ1n) is 11.7. The van der Waals surface area contributed by atoms with Crippen LogP contribution in [0, 0.1) is 11.3 Å². The SMILES string of the molecule is CS(=O)(=O)CCNc1cc(Nc2ccc(C(=O)N3CCOCC3)c3c2OCCO3)nc2[nH]cc(C#N)c12. The molecule has 2 aliphatic heterocycles. The maximum atomic E-state index is 13.2. The van der Waals surface area contributed by atoms with Gasteiger partial charge in [0.15, 0.2) is 11.5 Å². The lowest BCUT2D eigenvalue weighted by Gasteiger charge is -2.29. The summed E-state index contributed by atoms with van der Waals surface area (Å²) in [6.07, 6.45) is 2.72. The first kappa shape index (κ1) is 24.7. The number of sulfone groups is 1. The van der Waals surface area contributed by atoms with Gasteiger partial charge in [0.1, 0.15) is 40.6 Å². The topological polar surface area (TPSA) is 159 Å². The van der Waals surface area contributed by atoms with Crippen molar-refractivity contribution in [1.82, 2.24) is 14.9 Å². The number of aromatic nitrogens is 2. The van der Waals surface area contributed by atoms with E-state index in [9.17, 15) is 18.5 Å². The number of hydrogen-bond acceptors (Lipinski definition) is 10. The Morgan fingerprint density at radius 3 is 2.65 bits per heavy atom. The maximum absolute atomic E-state index is 13.2. The van der Waals surface area contributed by atoms with Gasteiger partial charge in [-0.2, -0.15) is 5.26 Å². The number of aromatic amines is 1. The number of carbonyl (C=O) groups is 1. The van der Waals surface area contributed by atoms with Crippen molar-refractivity contribution in [2.24, 2.45) is 0 Å². The molecule has 0 radical (unpaired) electrons. The number of benzene rings is 1. The Kier molecular flexibility index (Phi) is 6.77. The minimum atomic E-state index is -3.17. The van der Waals surface area contributed by atoms with Gasteiger partial charge in [0, 0.05) is 38.2 Å². The highest BCUT2D eigenvalue weighted by Gasteiger charge is 2.28. The molecule has 5 rings (SSSR count). The van der Waals surface area contributed by atoms with Crippen molar-refractivity contribution in [3.05, 3.63) is 35.5 Å². The Balaban J connectivity index is 1.48. The van der Waals surface area contributed by atoms with E-state index < -0.39 is 9.84 Å². The lowest BCUT2D eigenvalue weighted by atomic mass is 10.1. The second kappa shape index (κ2) is 10.2. The smallest absolute Gasteiger partial charge is 0.257 e. The molecule has 1 aromatic carbocycles. The molecule has 1 amide bonds. The van der Waals surface area contributed by atoms with Crippen LogP contribution >= 0.6 is 0 Å². The van der Waals surface area contributed by atoms with Crippen LogP contribution in [0.2, 0.25) is 0 Å². The van der Waals surface area contributed by atoms with Crippen LogP contribution in [0.5, 0.6) is 11.5 Å². The molecule has 2 aliphatic rings. The van der Waals surface area contributed by atoms with Gasteiger partial charge < -0.3 is 34.7 Å². The number of nitriles is 1. The molecule has 3 N–H and O–H groups in total. The van der Waals surface area contributed by atoms with E-state index in [0.29, 0.717) is 90.4 Å². The summed E-state index contributed by atoms with van der Waals surface area (Å²) >= 11 is 0. The van der Waals surface area contributed by atoms with Crippen molar-refractivity contribution < 1.29 is 27.4 Å². The number of nitrogens with zero attached hydrogens (tertiary/aromatic N) is 3. The molecule has 1 saturated heterocycles. The van der Waals surface area contributed by atoms with Gasteiger partial charge in [0.25, 0.3) is 5.91 Å². The molecule has 0 unspecified atom stereocenters. The molecule has 0 aliphatic carbocycles. The normalized spacial score (nSPS) is 15.3. The Bertz CT molecular complexity index is 1490. The number of ether oxygens (including phenoxy) is 3. The number of rotatable bonds is 7. The van der Waals surface area contributed by atoms with Gasteiger partial charge in [-0.15, -0.1) is 0 Å². The zero-order valence-electron chi connectivity index (χ0n) is 20.2. The summed E-state index contributed by atoms with van der Waals surface area (Å²) in [6.45, 7) is 2.81. The number of anilines is 3. The number of pyridine rings is 1. The molecule has 194 valence electrons. The zero-order chi connectivity index (χ0) is 26.0. The first-order valence-corrected chi connectivity index (χ1v) is 13.8.